The maximum Gasteiger partial charge on any atom is 0.252 e. The highest BCUT2D eigenvalue weighted by molar-refractivity contribution is 5.94. The number of benzene rings is 1. The number of nitrogens with one attached hydrogen (secondary N) is 1. The summed E-state index contributed by atoms with van der Waals surface area (Å²) in [5.74, 6) is -0.220. The molecule has 0 aliphatic carbocycles. The number of rotatable bonds is 2. The van der Waals surface area contributed by atoms with Crippen molar-refractivity contribution >= 4 is 5.91 Å². The highest BCUT2D eigenvalue weighted by Crippen LogP contribution is 2.22. The van der Waals surface area contributed by atoms with Crippen LogP contribution >= 0.6 is 0 Å². The predicted octanol–water partition coefficient (Wildman–Crippen LogP) is 3.02. The monoisotopic (exact) mass is 244 g/mol. The molecular formula is C15H20N2O. The van der Waals surface area contributed by atoms with E-state index >= 15 is 0 Å². The zero-order valence-corrected chi connectivity index (χ0v) is 11.7. The maximum absolute atomic E-state index is 11.9. The quantitative estimate of drug-likeness (QED) is 0.869. The Bertz CT molecular complexity index is 473. The van der Waals surface area contributed by atoms with E-state index < -0.39 is 5.54 Å². The molecule has 0 fully saturated rings. The summed E-state index contributed by atoms with van der Waals surface area (Å²) in [6.45, 7) is 9.73. The van der Waals surface area contributed by atoms with Crippen molar-refractivity contribution < 1.29 is 4.79 Å². The topological polar surface area (TPSA) is 52.9 Å². The molecule has 18 heavy (non-hydrogen) atoms. The molecule has 0 aliphatic heterocycles. The van der Waals surface area contributed by atoms with E-state index in [2.05, 4.69) is 26.1 Å². The van der Waals surface area contributed by atoms with Crippen molar-refractivity contribution in [3.63, 3.8) is 0 Å². The Labute approximate surface area is 109 Å². The van der Waals surface area contributed by atoms with Gasteiger partial charge in [-0.05, 0) is 37.0 Å². The van der Waals surface area contributed by atoms with E-state index in [0.717, 1.165) is 0 Å². The van der Waals surface area contributed by atoms with Gasteiger partial charge >= 0.3 is 0 Å². The molecule has 1 rings (SSSR count). The molecule has 1 N–H and O–H groups in total. The lowest BCUT2D eigenvalue weighted by Gasteiger charge is -2.20. The van der Waals surface area contributed by atoms with Crippen LogP contribution in [0, 0.1) is 11.3 Å². The summed E-state index contributed by atoms with van der Waals surface area (Å²) >= 11 is 0. The van der Waals surface area contributed by atoms with E-state index in [1.165, 1.54) is 5.56 Å². The molecule has 0 bridgehead atoms. The Kier molecular flexibility index (Phi) is 3.81. The zero-order valence-electron chi connectivity index (χ0n) is 11.7. The molecule has 1 amide bonds. The number of nitrogens with zero attached hydrogens (tertiary/aromatic N) is 1. The standard InChI is InChI=1S/C15H20N2O/c1-14(2,3)12-8-6-11(7-9-12)13(18)17-15(4,5)10-16/h6-9H,1-5H3,(H,17,18). The van der Waals surface area contributed by atoms with E-state index in [1.54, 1.807) is 26.0 Å². The minimum atomic E-state index is -0.847. The molecule has 1 aromatic carbocycles. The number of carbonyl (C=O) groups excluding carboxylic acids is 1. The van der Waals surface area contributed by atoms with Crippen LogP contribution in [0.15, 0.2) is 24.3 Å². The van der Waals surface area contributed by atoms with Gasteiger partial charge in [-0.1, -0.05) is 32.9 Å². The van der Waals surface area contributed by atoms with Crippen LogP contribution in [0.2, 0.25) is 0 Å². The molecule has 0 spiro atoms. The van der Waals surface area contributed by atoms with E-state index in [-0.39, 0.29) is 11.3 Å². The third kappa shape index (κ3) is 3.59. The first-order chi connectivity index (χ1) is 8.15. The van der Waals surface area contributed by atoms with Crippen LogP contribution in [0.4, 0.5) is 0 Å². The fraction of sp³-hybridized carbons (Fsp3) is 0.467. The highest BCUT2D eigenvalue weighted by atomic mass is 16.1. The molecule has 0 aromatic heterocycles. The van der Waals surface area contributed by atoms with Crippen molar-refractivity contribution in [3.05, 3.63) is 35.4 Å². The van der Waals surface area contributed by atoms with E-state index in [1.807, 2.05) is 18.2 Å². The lowest BCUT2D eigenvalue weighted by Crippen LogP contribution is -2.42. The number of hydrogen-bond acceptors (Lipinski definition) is 2. The van der Waals surface area contributed by atoms with Crippen LogP contribution in [0.5, 0.6) is 0 Å². The van der Waals surface area contributed by atoms with Crippen molar-refractivity contribution in [2.45, 2.75) is 45.6 Å². The van der Waals surface area contributed by atoms with E-state index in [4.69, 9.17) is 5.26 Å². The van der Waals surface area contributed by atoms with Crippen molar-refractivity contribution in [2.75, 3.05) is 0 Å². The number of nitriles is 1. The summed E-state index contributed by atoms with van der Waals surface area (Å²) in [5, 5.41) is 11.6. The Morgan fingerprint density at radius 2 is 1.61 bits per heavy atom. The first kappa shape index (κ1) is 14.2. The third-order valence-electron chi connectivity index (χ3n) is 2.72. The lowest BCUT2D eigenvalue weighted by molar-refractivity contribution is 0.0929. The SMILES string of the molecule is CC(C)(C#N)NC(=O)c1ccc(C(C)(C)C)cc1. The van der Waals surface area contributed by atoms with Gasteiger partial charge < -0.3 is 5.32 Å². The van der Waals surface area contributed by atoms with Gasteiger partial charge in [0.2, 0.25) is 0 Å². The zero-order chi connectivity index (χ0) is 14.0. The molecule has 0 radical (unpaired) electrons. The second kappa shape index (κ2) is 4.81. The highest BCUT2D eigenvalue weighted by Gasteiger charge is 2.20. The molecule has 0 heterocycles. The summed E-state index contributed by atoms with van der Waals surface area (Å²) in [5.41, 5.74) is 0.977. The predicted molar refractivity (Wildman–Crippen MR) is 72.3 cm³/mol. The van der Waals surface area contributed by atoms with Crippen LogP contribution in [-0.4, -0.2) is 11.4 Å². The second-order valence-electron chi connectivity index (χ2n) is 6.02. The van der Waals surface area contributed by atoms with Crippen LogP contribution in [0.25, 0.3) is 0 Å². The Morgan fingerprint density at radius 1 is 1.11 bits per heavy atom. The van der Waals surface area contributed by atoms with Gasteiger partial charge in [-0.15, -0.1) is 0 Å². The lowest BCUT2D eigenvalue weighted by atomic mass is 9.86. The van der Waals surface area contributed by atoms with Crippen molar-refractivity contribution in [1.29, 1.82) is 5.26 Å². The molecule has 3 nitrogen and oxygen atoms in total. The minimum Gasteiger partial charge on any atom is -0.334 e. The maximum atomic E-state index is 11.9. The summed E-state index contributed by atoms with van der Waals surface area (Å²) in [7, 11) is 0. The summed E-state index contributed by atoms with van der Waals surface area (Å²) in [4.78, 5) is 11.9. The van der Waals surface area contributed by atoms with Crippen LogP contribution < -0.4 is 5.32 Å². The van der Waals surface area contributed by atoms with Gasteiger partial charge in [0.25, 0.3) is 5.91 Å². The van der Waals surface area contributed by atoms with Gasteiger partial charge in [0.15, 0.2) is 0 Å². The second-order valence-corrected chi connectivity index (χ2v) is 6.02. The van der Waals surface area contributed by atoms with E-state index in [0.29, 0.717) is 5.56 Å². The molecule has 1 aromatic rings. The molecule has 0 saturated heterocycles. The number of hydrogen-bond donors (Lipinski definition) is 1. The molecule has 0 atom stereocenters. The van der Waals surface area contributed by atoms with Gasteiger partial charge in [-0.2, -0.15) is 5.26 Å². The van der Waals surface area contributed by atoms with Crippen molar-refractivity contribution in [3.8, 4) is 6.07 Å². The largest absolute Gasteiger partial charge is 0.334 e. The van der Waals surface area contributed by atoms with Gasteiger partial charge in [0.05, 0.1) is 6.07 Å². The summed E-state index contributed by atoms with van der Waals surface area (Å²) in [6, 6.07) is 9.54. The minimum absolute atomic E-state index is 0.0704. The fourth-order valence-electron chi connectivity index (χ4n) is 1.51. The molecule has 96 valence electrons. The van der Waals surface area contributed by atoms with Gasteiger partial charge in [-0.3, -0.25) is 4.79 Å². The van der Waals surface area contributed by atoms with Gasteiger partial charge in [-0.25, -0.2) is 0 Å². The molecule has 0 saturated carbocycles. The van der Waals surface area contributed by atoms with Gasteiger partial charge in [0.1, 0.15) is 5.54 Å². The number of amides is 1. The smallest absolute Gasteiger partial charge is 0.252 e. The molecule has 3 heteroatoms. The van der Waals surface area contributed by atoms with Crippen molar-refractivity contribution in [2.24, 2.45) is 0 Å². The van der Waals surface area contributed by atoms with E-state index in [9.17, 15) is 4.79 Å². The van der Waals surface area contributed by atoms with Gasteiger partial charge in [0, 0.05) is 5.56 Å². The third-order valence-corrected chi connectivity index (χ3v) is 2.72. The summed E-state index contributed by atoms with van der Waals surface area (Å²) < 4.78 is 0. The normalized spacial score (nSPS) is 11.8. The Balaban J connectivity index is 2.87. The molecule has 0 unspecified atom stereocenters. The summed E-state index contributed by atoms with van der Waals surface area (Å²) in [6.07, 6.45) is 0. The van der Waals surface area contributed by atoms with Crippen LogP contribution in [0.1, 0.15) is 50.5 Å². The fourth-order valence-corrected chi connectivity index (χ4v) is 1.51. The average Bonchev–Trinajstić information content (AvgIpc) is 2.27. The van der Waals surface area contributed by atoms with Crippen LogP contribution in [0.3, 0.4) is 0 Å². The first-order valence-corrected chi connectivity index (χ1v) is 6.00. The van der Waals surface area contributed by atoms with Crippen molar-refractivity contribution in [1.82, 2.24) is 5.32 Å². The average molecular weight is 244 g/mol. The first-order valence-electron chi connectivity index (χ1n) is 6.00. The Hall–Kier alpha value is -1.82. The number of carbonyl (C=O) groups is 1. The van der Waals surface area contributed by atoms with Crippen LogP contribution in [-0.2, 0) is 5.41 Å². The Morgan fingerprint density at radius 3 is 2.00 bits per heavy atom. The molecular weight excluding hydrogens is 224 g/mol. The molecule has 0 aliphatic rings.